The third-order valence-electron chi connectivity index (χ3n) is 4.06. The number of non-ortho nitro benzene ring substituents is 1. The normalized spacial score (nSPS) is 16.8. The van der Waals surface area contributed by atoms with Gasteiger partial charge in [-0.3, -0.25) is 19.7 Å². The van der Waals surface area contributed by atoms with Crippen molar-refractivity contribution in [1.82, 2.24) is 5.32 Å². The molecule has 2 aromatic rings. The maximum absolute atomic E-state index is 12.1. The number of nitro benzene ring substituents is 1. The minimum absolute atomic E-state index is 0.0161. The molecular formula is C18H17N3O5S. The summed E-state index contributed by atoms with van der Waals surface area (Å²) in [6.07, 6.45) is -1.01. The second-order valence-electron chi connectivity index (χ2n) is 5.96. The van der Waals surface area contributed by atoms with Gasteiger partial charge in [-0.15, -0.1) is 11.8 Å². The lowest BCUT2D eigenvalue weighted by atomic mass is 10.1. The second-order valence-corrected chi connectivity index (χ2v) is 7.21. The van der Waals surface area contributed by atoms with Gasteiger partial charge in [0.1, 0.15) is 0 Å². The summed E-state index contributed by atoms with van der Waals surface area (Å²) in [5.41, 5.74) is 1.12. The Bertz CT molecular complexity index is 872. The number of thioether (sulfide) groups is 1. The summed E-state index contributed by atoms with van der Waals surface area (Å²) in [5.74, 6) is -0.590. The first-order valence-electron chi connectivity index (χ1n) is 8.19. The maximum atomic E-state index is 12.1. The van der Waals surface area contributed by atoms with Gasteiger partial charge in [0.2, 0.25) is 11.8 Å². The van der Waals surface area contributed by atoms with Gasteiger partial charge in [0, 0.05) is 30.0 Å². The maximum Gasteiger partial charge on any atom is 0.269 e. The van der Waals surface area contributed by atoms with Gasteiger partial charge >= 0.3 is 0 Å². The monoisotopic (exact) mass is 387 g/mol. The second kappa shape index (κ2) is 8.19. The molecule has 2 amide bonds. The van der Waals surface area contributed by atoms with E-state index in [2.05, 4.69) is 10.6 Å². The number of aliphatic hydroxyl groups is 1. The molecule has 8 nitrogen and oxygen atoms in total. The van der Waals surface area contributed by atoms with Gasteiger partial charge in [0.25, 0.3) is 5.69 Å². The Kier molecular flexibility index (Phi) is 5.72. The Balaban J connectivity index is 1.52. The number of nitrogens with one attached hydrogen (secondary N) is 2. The van der Waals surface area contributed by atoms with Gasteiger partial charge in [0.15, 0.2) is 0 Å². The topological polar surface area (TPSA) is 122 Å². The van der Waals surface area contributed by atoms with Crippen LogP contribution in [0.3, 0.4) is 0 Å². The van der Waals surface area contributed by atoms with Gasteiger partial charge in [-0.05, 0) is 29.8 Å². The number of carbonyl (C=O) groups excluding carboxylic acids is 2. The third kappa shape index (κ3) is 4.63. The predicted octanol–water partition coefficient (Wildman–Crippen LogP) is 2.25. The number of aliphatic hydroxyl groups excluding tert-OH is 1. The summed E-state index contributed by atoms with van der Waals surface area (Å²) in [4.78, 5) is 35.3. The smallest absolute Gasteiger partial charge is 0.269 e. The Morgan fingerprint density at radius 1 is 1.26 bits per heavy atom. The van der Waals surface area contributed by atoms with Crippen LogP contribution in [0.1, 0.15) is 18.1 Å². The predicted molar refractivity (Wildman–Crippen MR) is 100 cm³/mol. The Morgan fingerprint density at radius 3 is 2.67 bits per heavy atom. The van der Waals surface area contributed by atoms with Crippen LogP contribution >= 0.6 is 11.8 Å². The van der Waals surface area contributed by atoms with E-state index in [0.29, 0.717) is 5.56 Å². The summed E-state index contributed by atoms with van der Waals surface area (Å²) in [7, 11) is 0. The first-order chi connectivity index (χ1) is 12.9. The van der Waals surface area contributed by atoms with E-state index < -0.39 is 16.3 Å². The molecule has 0 bridgehead atoms. The Hall–Kier alpha value is -2.91. The van der Waals surface area contributed by atoms with E-state index in [1.165, 1.54) is 36.0 Å². The molecule has 1 aliphatic heterocycles. The standard InChI is InChI=1S/C18H17N3O5S/c22-14(11-5-7-12(8-6-11)21(25)26)10-19-17(23)9-16-18(24)20-13-3-1-2-4-15(13)27-16/h1-8,14,16,22H,9-10H2,(H,19,23)(H,20,24)/t14-,16-/m0/s1. The van der Waals surface area contributed by atoms with Crippen molar-refractivity contribution >= 4 is 35.0 Å². The van der Waals surface area contributed by atoms with Crippen molar-refractivity contribution < 1.29 is 19.6 Å². The number of hydrogen-bond donors (Lipinski definition) is 3. The molecule has 2 atom stereocenters. The molecule has 140 valence electrons. The molecule has 3 N–H and O–H groups in total. The number of rotatable bonds is 6. The van der Waals surface area contributed by atoms with Crippen LogP contribution in [-0.4, -0.2) is 33.6 Å². The van der Waals surface area contributed by atoms with Crippen molar-refractivity contribution in [2.24, 2.45) is 0 Å². The first-order valence-corrected chi connectivity index (χ1v) is 9.07. The van der Waals surface area contributed by atoms with E-state index in [4.69, 9.17) is 0 Å². The molecule has 0 saturated carbocycles. The number of nitrogens with zero attached hydrogens (tertiary/aromatic N) is 1. The number of nitro groups is 1. The molecule has 0 radical (unpaired) electrons. The summed E-state index contributed by atoms with van der Waals surface area (Å²) >= 11 is 1.33. The van der Waals surface area contributed by atoms with Crippen molar-refractivity contribution in [3.8, 4) is 0 Å². The highest BCUT2D eigenvalue weighted by Gasteiger charge is 2.28. The molecule has 3 rings (SSSR count). The number of anilines is 1. The average Bonchev–Trinajstić information content (AvgIpc) is 2.66. The third-order valence-corrected chi connectivity index (χ3v) is 5.33. The lowest BCUT2D eigenvalue weighted by molar-refractivity contribution is -0.384. The fraction of sp³-hybridized carbons (Fsp3) is 0.222. The van der Waals surface area contributed by atoms with Gasteiger partial charge < -0.3 is 15.7 Å². The minimum atomic E-state index is -0.997. The minimum Gasteiger partial charge on any atom is -0.387 e. The van der Waals surface area contributed by atoms with E-state index in [0.717, 1.165) is 10.6 Å². The average molecular weight is 387 g/mol. The largest absolute Gasteiger partial charge is 0.387 e. The van der Waals surface area contributed by atoms with Crippen LogP contribution in [0.4, 0.5) is 11.4 Å². The summed E-state index contributed by atoms with van der Waals surface area (Å²) < 4.78 is 0. The summed E-state index contributed by atoms with van der Waals surface area (Å²) in [6, 6.07) is 12.8. The molecule has 9 heteroatoms. The van der Waals surface area contributed by atoms with Crippen molar-refractivity contribution in [3.63, 3.8) is 0 Å². The number of carbonyl (C=O) groups is 2. The van der Waals surface area contributed by atoms with Crippen LogP contribution in [0.25, 0.3) is 0 Å². The highest BCUT2D eigenvalue weighted by molar-refractivity contribution is 8.01. The van der Waals surface area contributed by atoms with Crippen LogP contribution in [0, 0.1) is 10.1 Å². The molecule has 1 heterocycles. The fourth-order valence-corrected chi connectivity index (χ4v) is 3.72. The number of amides is 2. The van der Waals surface area contributed by atoms with E-state index in [1.54, 1.807) is 6.07 Å². The van der Waals surface area contributed by atoms with E-state index in [-0.39, 0.29) is 30.5 Å². The van der Waals surface area contributed by atoms with Gasteiger partial charge in [-0.2, -0.15) is 0 Å². The number of para-hydroxylation sites is 1. The quantitative estimate of drug-likeness (QED) is 0.516. The SMILES string of the molecule is O=C(C[C@@H]1Sc2ccccc2NC1=O)NC[C@H](O)c1ccc([N+](=O)[O-])cc1. The number of fused-ring (bicyclic) bond motifs is 1. The van der Waals surface area contributed by atoms with E-state index in [9.17, 15) is 24.8 Å². The van der Waals surface area contributed by atoms with Crippen LogP contribution in [0.15, 0.2) is 53.4 Å². The molecule has 0 aromatic heterocycles. The van der Waals surface area contributed by atoms with Crippen LogP contribution in [0.2, 0.25) is 0 Å². The molecule has 0 saturated heterocycles. The van der Waals surface area contributed by atoms with Crippen molar-refractivity contribution in [2.75, 3.05) is 11.9 Å². The number of hydrogen-bond acceptors (Lipinski definition) is 6. The lowest BCUT2D eigenvalue weighted by Crippen LogP contribution is -2.36. The molecule has 1 aliphatic rings. The van der Waals surface area contributed by atoms with Crippen molar-refractivity contribution in [2.45, 2.75) is 22.7 Å². The zero-order valence-corrected chi connectivity index (χ0v) is 14.9. The zero-order valence-electron chi connectivity index (χ0n) is 14.1. The Morgan fingerprint density at radius 2 is 1.96 bits per heavy atom. The molecule has 0 fully saturated rings. The highest BCUT2D eigenvalue weighted by atomic mass is 32.2. The zero-order chi connectivity index (χ0) is 19.4. The highest BCUT2D eigenvalue weighted by Crippen LogP contribution is 2.36. The molecule has 0 aliphatic carbocycles. The summed E-state index contributed by atoms with van der Waals surface area (Å²) in [5, 5.41) is 25.6. The van der Waals surface area contributed by atoms with Crippen molar-refractivity contribution in [1.29, 1.82) is 0 Å². The van der Waals surface area contributed by atoms with E-state index >= 15 is 0 Å². The molecule has 0 unspecified atom stereocenters. The van der Waals surface area contributed by atoms with Crippen LogP contribution in [0.5, 0.6) is 0 Å². The van der Waals surface area contributed by atoms with Gasteiger partial charge in [0.05, 0.1) is 22.0 Å². The number of benzene rings is 2. The van der Waals surface area contributed by atoms with Gasteiger partial charge in [-0.25, -0.2) is 0 Å². The molecule has 2 aromatic carbocycles. The Labute approximate surface area is 159 Å². The van der Waals surface area contributed by atoms with Crippen molar-refractivity contribution in [3.05, 3.63) is 64.2 Å². The molecule has 0 spiro atoms. The van der Waals surface area contributed by atoms with Crippen LogP contribution in [-0.2, 0) is 9.59 Å². The van der Waals surface area contributed by atoms with E-state index in [1.807, 2.05) is 18.2 Å². The lowest BCUT2D eigenvalue weighted by Gasteiger charge is -2.23. The molecular weight excluding hydrogens is 370 g/mol. The first kappa shape index (κ1) is 18.9. The van der Waals surface area contributed by atoms with Crippen LogP contribution < -0.4 is 10.6 Å². The fourth-order valence-electron chi connectivity index (χ4n) is 2.61. The van der Waals surface area contributed by atoms with Gasteiger partial charge in [-0.1, -0.05) is 12.1 Å². The summed E-state index contributed by atoms with van der Waals surface area (Å²) in [6.45, 7) is -0.0494. The molecule has 27 heavy (non-hydrogen) atoms.